The van der Waals surface area contributed by atoms with Crippen LogP contribution in [0.25, 0.3) is 11.0 Å². The van der Waals surface area contributed by atoms with Crippen molar-refractivity contribution in [1.82, 2.24) is 9.97 Å². The minimum atomic E-state index is -1.17. The Balaban J connectivity index is 1.36. The van der Waals surface area contributed by atoms with E-state index < -0.39 is 11.9 Å². The van der Waals surface area contributed by atoms with Crippen LogP contribution in [0.15, 0.2) is 55.1 Å². The van der Waals surface area contributed by atoms with Crippen molar-refractivity contribution in [2.75, 3.05) is 44.5 Å². The Morgan fingerprint density at radius 1 is 1.17 bits per heavy atom. The number of carbonyl (C=O) groups excluding carboxylic acids is 1. The van der Waals surface area contributed by atoms with Crippen molar-refractivity contribution in [1.29, 1.82) is 5.26 Å². The molecule has 5 rings (SSSR count). The quantitative estimate of drug-likeness (QED) is 0.409. The van der Waals surface area contributed by atoms with Crippen molar-refractivity contribution >= 4 is 22.8 Å². The molecule has 3 aromatic rings. The van der Waals surface area contributed by atoms with Crippen molar-refractivity contribution < 1.29 is 23.9 Å². The van der Waals surface area contributed by atoms with Gasteiger partial charge in [0.15, 0.2) is 23.2 Å². The van der Waals surface area contributed by atoms with Gasteiger partial charge in [-0.05, 0) is 30.3 Å². The van der Waals surface area contributed by atoms with E-state index in [1.807, 2.05) is 36.4 Å². The maximum Gasteiger partial charge on any atom is 0.330 e. The molecule has 1 fully saturated rings. The van der Waals surface area contributed by atoms with Crippen molar-refractivity contribution in [3.8, 4) is 17.6 Å². The van der Waals surface area contributed by atoms with Crippen LogP contribution in [0.1, 0.15) is 17.2 Å². The number of quaternary nitrogens is 1. The molecule has 1 aromatic heterocycles. The number of aromatic nitrogens is 2. The highest BCUT2D eigenvalue weighted by Crippen LogP contribution is 2.32. The molecule has 1 saturated heterocycles. The number of ether oxygens (including phenoxy) is 3. The van der Waals surface area contributed by atoms with Gasteiger partial charge in [-0.15, -0.1) is 0 Å². The number of hydrogen-bond acceptors (Lipinski definition) is 8. The van der Waals surface area contributed by atoms with Gasteiger partial charge in [0, 0.05) is 5.56 Å². The van der Waals surface area contributed by atoms with Gasteiger partial charge in [0.05, 0.1) is 43.3 Å². The van der Waals surface area contributed by atoms with E-state index in [0.29, 0.717) is 17.0 Å². The summed E-state index contributed by atoms with van der Waals surface area (Å²) in [6.07, 6.45) is 1.47. The molecule has 3 heterocycles. The molecule has 2 aromatic carbocycles. The molecule has 0 saturated carbocycles. The van der Waals surface area contributed by atoms with E-state index in [9.17, 15) is 10.1 Å². The summed E-state index contributed by atoms with van der Waals surface area (Å²) in [5, 5.41) is 9.83. The first kappa shape index (κ1) is 22.6. The lowest BCUT2D eigenvalue weighted by Crippen LogP contribution is -3.13. The zero-order valence-electron chi connectivity index (χ0n) is 19.3. The Kier molecular flexibility index (Phi) is 6.46. The predicted molar refractivity (Wildman–Crippen MR) is 128 cm³/mol. The predicted octanol–water partition coefficient (Wildman–Crippen LogP) is 1.60. The van der Waals surface area contributed by atoms with Gasteiger partial charge in [0.1, 0.15) is 18.8 Å². The lowest BCUT2D eigenvalue weighted by Gasteiger charge is -2.34. The largest absolute Gasteiger partial charge is 0.460 e. The number of nitrogens with one attached hydrogen (secondary N) is 1. The number of piperazine rings is 1. The maximum atomic E-state index is 12.6. The van der Waals surface area contributed by atoms with Crippen LogP contribution in [0.2, 0.25) is 0 Å². The second-order valence-electron chi connectivity index (χ2n) is 8.50. The Morgan fingerprint density at radius 3 is 2.66 bits per heavy atom. The van der Waals surface area contributed by atoms with Gasteiger partial charge in [0.25, 0.3) is 0 Å². The summed E-state index contributed by atoms with van der Waals surface area (Å²) in [5.41, 5.74) is 2.88. The lowest BCUT2D eigenvalue weighted by atomic mass is 10.1. The Hall–Kier alpha value is -4.16. The standard InChI is InChI=1S/C26H25N5O4/c1-2-13-33-26(32)19(15-27)24-25(29-21-6-4-3-5-20(21)28-24)31-11-9-30(10-12-31)16-18-7-8-22-23(14-18)35-17-34-22/h2-8,14,19H,1,9-13,16-17H2/p+1/t19-/m1/s1. The second kappa shape index (κ2) is 9.99. The normalized spacial score (nSPS) is 16.0. The number of anilines is 1. The first-order valence-electron chi connectivity index (χ1n) is 11.6. The number of esters is 1. The number of carbonyl (C=O) groups is 1. The van der Waals surface area contributed by atoms with Crippen molar-refractivity contribution in [3.05, 3.63) is 66.4 Å². The van der Waals surface area contributed by atoms with Crippen molar-refractivity contribution in [3.63, 3.8) is 0 Å². The Morgan fingerprint density at radius 2 is 1.91 bits per heavy atom. The fourth-order valence-electron chi connectivity index (χ4n) is 4.43. The maximum absolute atomic E-state index is 12.6. The van der Waals surface area contributed by atoms with E-state index in [4.69, 9.17) is 19.2 Å². The molecule has 2 aliphatic heterocycles. The third-order valence-electron chi connectivity index (χ3n) is 6.22. The summed E-state index contributed by atoms with van der Waals surface area (Å²) in [4.78, 5) is 25.7. The molecule has 1 atom stereocenters. The van der Waals surface area contributed by atoms with Crippen LogP contribution < -0.4 is 19.3 Å². The van der Waals surface area contributed by atoms with Crippen molar-refractivity contribution in [2.24, 2.45) is 0 Å². The molecule has 0 unspecified atom stereocenters. The third-order valence-corrected chi connectivity index (χ3v) is 6.22. The van der Waals surface area contributed by atoms with E-state index in [0.717, 1.165) is 49.7 Å². The van der Waals surface area contributed by atoms with Crippen LogP contribution in [0, 0.1) is 11.3 Å². The van der Waals surface area contributed by atoms with Crippen LogP contribution in [0.4, 0.5) is 5.82 Å². The van der Waals surface area contributed by atoms with Gasteiger partial charge >= 0.3 is 5.97 Å². The van der Waals surface area contributed by atoms with Crippen LogP contribution in [0.5, 0.6) is 11.5 Å². The molecule has 9 nitrogen and oxygen atoms in total. The fourth-order valence-corrected chi connectivity index (χ4v) is 4.43. The highest BCUT2D eigenvalue weighted by atomic mass is 16.7. The van der Waals surface area contributed by atoms with Gasteiger partial charge < -0.3 is 24.0 Å². The van der Waals surface area contributed by atoms with Crippen LogP contribution in [-0.2, 0) is 16.1 Å². The lowest BCUT2D eigenvalue weighted by molar-refractivity contribution is -0.914. The molecule has 0 aliphatic carbocycles. The molecule has 0 radical (unpaired) electrons. The topological polar surface area (TPSA) is 102 Å². The summed E-state index contributed by atoms with van der Waals surface area (Å²) in [7, 11) is 0. The molecule has 2 aliphatic rings. The zero-order chi connectivity index (χ0) is 24.2. The minimum Gasteiger partial charge on any atom is -0.460 e. The summed E-state index contributed by atoms with van der Waals surface area (Å²) in [6.45, 7) is 7.94. The van der Waals surface area contributed by atoms with Crippen LogP contribution in [-0.4, -0.2) is 55.5 Å². The Labute approximate surface area is 203 Å². The number of hydrogen-bond donors (Lipinski definition) is 1. The molecule has 0 bridgehead atoms. The smallest absolute Gasteiger partial charge is 0.330 e. The fraction of sp³-hybridized carbons (Fsp3) is 0.308. The monoisotopic (exact) mass is 472 g/mol. The number of rotatable bonds is 7. The van der Waals surface area contributed by atoms with Crippen LogP contribution >= 0.6 is 0 Å². The number of nitriles is 1. The first-order valence-corrected chi connectivity index (χ1v) is 11.6. The van der Waals surface area contributed by atoms with Gasteiger partial charge in [-0.3, -0.25) is 4.79 Å². The van der Waals surface area contributed by atoms with E-state index in [2.05, 4.69) is 28.6 Å². The molecule has 9 heteroatoms. The highest BCUT2D eigenvalue weighted by molar-refractivity contribution is 5.85. The van der Waals surface area contributed by atoms with E-state index >= 15 is 0 Å². The van der Waals surface area contributed by atoms with Crippen molar-refractivity contribution in [2.45, 2.75) is 12.5 Å². The van der Waals surface area contributed by atoms with Gasteiger partial charge in [-0.25, -0.2) is 9.97 Å². The molecule has 0 spiro atoms. The summed E-state index contributed by atoms with van der Waals surface area (Å²) in [5.74, 6) is 0.330. The Bertz CT molecular complexity index is 1300. The van der Waals surface area contributed by atoms with Gasteiger partial charge in [-0.2, -0.15) is 5.26 Å². The number of benzene rings is 2. The summed E-state index contributed by atoms with van der Waals surface area (Å²) >= 11 is 0. The highest BCUT2D eigenvalue weighted by Gasteiger charge is 2.32. The SMILES string of the molecule is C=CCOC(=O)[C@H](C#N)c1nc2ccccc2nc1N1CC[NH+](Cc2ccc3c(c2)OCO3)CC1. The third kappa shape index (κ3) is 4.74. The first-order chi connectivity index (χ1) is 17.2. The second-order valence-corrected chi connectivity index (χ2v) is 8.50. The minimum absolute atomic E-state index is 0.0370. The molecular formula is C26H26N5O4+. The van der Waals surface area contributed by atoms with E-state index in [1.54, 1.807) is 0 Å². The average molecular weight is 473 g/mol. The number of para-hydroxylation sites is 2. The summed E-state index contributed by atoms with van der Waals surface area (Å²) in [6, 6.07) is 15.6. The zero-order valence-corrected chi connectivity index (χ0v) is 19.3. The molecular weight excluding hydrogens is 446 g/mol. The molecule has 1 N–H and O–H groups in total. The average Bonchev–Trinajstić information content (AvgIpc) is 3.36. The van der Waals surface area contributed by atoms with Gasteiger partial charge in [-0.1, -0.05) is 24.8 Å². The van der Waals surface area contributed by atoms with Crippen LogP contribution in [0.3, 0.4) is 0 Å². The number of nitrogens with zero attached hydrogens (tertiary/aromatic N) is 4. The van der Waals surface area contributed by atoms with E-state index in [-0.39, 0.29) is 13.4 Å². The molecule has 35 heavy (non-hydrogen) atoms. The number of fused-ring (bicyclic) bond motifs is 2. The molecule has 0 amide bonds. The van der Waals surface area contributed by atoms with Gasteiger partial charge in [0.2, 0.25) is 6.79 Å². The molecule has 178 valence electrons. The summed E-state index contributed by atoms with van der Waals surface area (Å²) < 4.78 is 16.1. The van der Waals surface area contributed by atoms with E-state index in [1.165, 1.54) is 16.5 Å².